The standard InChI is InChI=1S/C23H26N2O5/c1-29-15-17-7-9-19(10-8-17)23(28)30-16-21(26)25-13-11-18(12-14-25)22(27)24-20-5-3-2-4-6-20/h2-10,18H,11-16H2,1H3,(H,24,27). The Morgan fingerprint density at radius 2 is 1.67 bits per heavy atom. The van der Waals surface area contributed by atoms with Gasteiger partial charge >= 0.3 is 5.97 Å². The van der Waals surface area contributed by atoms with Crippen molar-refractivity contribution in [2.45, 2.75) is 19.4 Å². The number of esters is 1. The van der Waals surface area contributed by atoms with Crippen molar-refractivity contribution < 1.29 is 23.9 Å². The molecule has 1 heterocycles. The Kier molecular flexibility index (Phi) is 7.57. The molecule has 0 spiro atoms. The van der Waals surface area contributed by atoms with Crippen LogP contribution in [-0.4, -0.2) is 49.5 Å². The highest BCUT2D eigenvalue weighted by Gasteiger charge is 2.27. The molecule has 158 valence electrons. The number of para-hydroxylation sites is 1. The van der Waals surface area contributed by atoms with E-state index in [1.807, 2.05) is 30.3 Å². The Hall–Kier alpha value is -3.19. The Bertz CT molecular complexity index is 859. The van der Waals surface area contributed by atoms with E-state index in [2.05, 4.69) is 5.32 Å². The van der Waals surface area contributed by atoms with Gasteiger partial charge in [0.2, 0.25) is 5.91 Å². The summed E-state index contributed by atoms with van der Waals surface area (Å²) in [5.74, 6) is -0.954. The number of rotatable bonds is 7. The molecule has 1 aliphatic heterocycles. The van der Waals surface area contributed by atoms with E-state index >= 15 is 0 Å². The zero-order valence-corrected chi connectivity index (χ0v) is 17.0. The zero-order valence-electron chi connectivity index (χ0n) is 17.0. The number of piperidine rings is 1. The number of amides is 2. The molecule has 0 bridgehead atoms. The summed E-state index contributed by atoms with van der Waals surface area (Å²) in [7, 11) is 1.60. The van der Waals surface area contributed by atoms with Crippen molar-refractivity contribution in [1.29, 1.82) is 0 Å². The minimum Gasteiger partial charge on any atom is -0.452 e. The van der Waals surface area contributed by atoms with Crippen LogP contribution in [0.4, 0.5) is 5.69 Å². The molecule has 0 atom stereocenters. The lowest BCUT2D eigenvalue weighted by molar-refractivity contribution is -0.137. The van der Waals surface area contributed by atoms with Crippen LogP contribution in [0.1, 0.15) is 28.8 Å². The highest BCUT2D eigenvalue weighted by atomic mass is 16.5. The summed E-state index contributed by atoms with van der Waals surface area (Å²) >= 11 is 0. The summed E-state index contributed by atoms with van der Waals surface area (Å²) in [6.45, 7) is 1.09. The summed E-state index contributed by atoms with van der Waals surface area (Å²) in [6.07, 6.45) is 1.17. The third-order valence-electron chi connectivity index (χ3n) is 5.09. The fourth-order valence-electron chi connectivity index (χ4n) is 3.36. The van der Waals surface area contributed by atoms with Gasteiger partial charge in [-0.05, 0) is 42.7 Å². The predicted molar refractivity (Wildman–Crippen MR) is 112 cm³/mol. The van der Waals surface area contributed by atoms with Crippen LogP contribution in [0.5, 0.6) is 0 Å². The first-order valence-corrected chi connectivity index (χ1v) is 9.95. The first-order valence-electron chi connectivity index (χ1n) is 9.95. The van der Waals surface area contributed by atoms with Crippen molar-refractivity contribution in [1.82, 2.24) is 4.90 Å². The van der Waals surface area contributed by atoms with Crippen molar-refractivity contribution in [3.63, 3.8) is 0 Å². The van der Waals surface area contributed by atoms with Gasteiger partial charge in [0, 0.05) is 31.8 Å². The van der Waals surface area contributed by atoms with E-state index in [0.29, 0.717) is 38.1 Å². The summed E-state index contributed by atoms with van der Waals surface area (Å²) in [5, 5.41) is 2.91. The van der Waals surface area contributed by atoms with Gasteiger partial charge in [-0.2, -0.15) is 0 Å². The molecule has 0 aliphatic carbocycles. The number of nitrogens with zero attached hydrogens (tertiary/aromatic N) is 1. The Labute approximate surface area is 176 Å². The number of anilines is 1. The number of carbonyl (C=O) groups excluding carboxylic acids is 3. The Morgan fingerprint density at radius 3 is 2.30 bits per heavy atom. The topological polar surface area (TPSA) is 84.9 Å². The van der Waals surface area contributed by atoms with Gasteiger partial charge in [0.05, 0.1) is 12.2 Å². The van der Waals surface area contributed by atoms with Crippen LogP contribution in [0, 0.1) is 5.92 Å². The number of carbonyl (C=O) groups is 3. The maximum Gasteiger partial charge on any atom is 0.338 e. The molecule has 1 N–H and O–H groups in total. The lowest BCUT2D eigenvalue weighted by Crippen LogP contribution is -2.43. The van der Waals surface area contributed by atoms with Gasteiger partial charge in [-0.15, -0.1) is 0 Å². The van der Waals surface area contributed by atoms with E-state index in [0.717, 1.165) is 11.3 Å². The van der Waals surface area contributed by atoms with Crippen LogP contribution in [0.25, 0.3) is 0 Å². The molecule has 1 fully saturated rings. The van der Waals surface area contributed by atoms with Crippen molar-refractivity contribution in [2.75, 3.05) is 32.1 Å². The number of methoxy groups -OCH3 is 1. The van der Waals surface area contributed by atoms with Crippen LogP contribution in [0.2, 0.25) is 0 Å². The van der Waals surface area contributed by atoms with Gasteiger partial charge in [0.25, 0.3) is 5.91 Å². The van der Waals surface area contributed by atoms with Crippen LogP contribution in [-0.2, 0) is 25.7 Å². The van der Waals surface area contributed by atoms with Gasteiger partial charge in [0.15, 0.2) is 6.61 Å². The van der Waals surface area contributed by atoms with Crippen LogP contribution >= 0.6 is 0 Å². The molecule has 0 radical (unpaired) electrons. The average Bonchev–Trinajstić information content (AvgIpc) is 2.78. The van der Waals surface area contributed by atoms with Crippen molar-refractivity contribution >= 4 is 23.5 Å². The predicted octanol–water partition coefficient (Wildman–Crippen LogP) is 2.87. The second-order valence-corrected chi connectivity index (χ2v) is 7.22. The number of nitrogens with one attached hydrogen (secondary N) is 1. The third-order valence-corrected chi connectivity index (χ3v) is 5.09. The van der Waals surface area contributed by atoms with Crippen molar-refractivity contribution in [3.8, 4) is 0 Å². The molecule has 2 aromatic rings. The maximum absolute atomic E-state index is 12.4. The molecular weight excluding hydrogens is 384 g/mol. The molecule has 1 aliphatic rings. The van der Waals surface area contributed by atoms with E-state index in [4.69, 9.17) is 9.47 Å². The second-order valence-electron chi connectivity index (χ2n) is 7.22. The SMILES string of the molecule is COCc1ccc(C(=O)OCC(=O)N2CCC(C(=O)Nc3ccccc3)CC2)cc1. The summed E-state index contributed by atoms with van der Waals surface area (Å²) in [4.78, 5) is 38.5. The molecule has 0 aromatic heterocycles. The normalized spacial score (nSPS) is 14.2. The van der Waals surface area contributed by atoms with E-state index in [9.17, 15) is 14.4 Å². The maximum atomic E-state index is 12.4. The number of likely N-dealkylation sites (tertiary alicyclic amines) is 1. The number of benzene rings is 2. The highest BCUT2D eigenvalue weighted by molar-refractivity contribution is 5.93. The smallest absolute Gasteiger partial charge is 0.338 e. The molecule has 3 rings (SSSR count). The molecule has 30 heavy (non-hydrogen) atoms. The minimum atomic E-state index is -0.538. The number of ether oxygens (including phenoxy) is 2. The number of hydrogen-bond acceptors (Lipinski definition) is 5. The van der Waals surface area contributed by atoms with Crippen LogP contribution < -0.4 is 5.32 Å². The minimum absolute atomic E-state index is 0.0309. The zero-order chi connectivity index (χ0) is 21.3. The van der Waals surface area contributed by atoms with Gasteiger partial charge in [0.1, 0.15) is 0 Å². The van der Waals surface area contributed by atoms with Gasteiger partial charge in [-0.25, -0.2) is 4.79 Å². The quantitative estimate of drug-likeness (QED) is 0.710. The van der Waals surface area contributed by atoms with E-state index in [1.54, 1.807) is 36.3 Å². The lowest BCUT2D eigenvalue weighted by Gasteiger charge is -2.31. The summed E-state index contributed by atoms with van der Waals surface area (Å²) in [6, 6.07) is 16.2. The fraction of sp³-hybridized carbons (Fsp3) is 0.348. The first-order chi connectivity index (χ1) is 14.6. The Balaban J connectivity index is 1.41. The van der Waals surface area contributed by atoms with Crippen molar-refractivity contribution in [3.05, 3.63) is 65.7 Å². The van der Waals surface area contributed by atoms with Gasteiger partial charge < -0.3 is 19.7 Å². The number of hydrogen-bond donors (Lipinski definition) is 1. The monoisotopic (exact) mass is 410 g/mol. The van der Waals surface area contributed by atoms with Crippen LogP contribution in [0.15, 0.2) is 54.6 Å². The Morgan fingerprint density at radius 1 is 1.00 bits per heavy atom. The molecule has 0 saturated carbocycles. The molecule has 7 nitrogen and oxygen atoms in total. The third kappa shape index (κ3) is 5.90. The first kappa shape index (κ1) is 21.5. The molecule has 2 aromatic carbocycles. The van der Waals surface area contributed by atoms with E-state index in [1.165, 1.54) is 0 Å². The molecule has 7 heteroatoms. The lowest BCUT2D eigenvalue weighted by atomic mass is 9.95. The van der Waals surface area contributed by atoms with E-state index in [-0.39, 0.29) is 24.3 Å². The molecular formula is C23H26N2O5. The van der Waals surface area contributed by atoms with E-state index < -0.39 is 5.97 Å². The largest absolute Gasteiger partial charge is 0.452 e. The second kappa shape index (κ2) is 10.5. The molecule has 1 saturated heterocycles. The van der Waals surface area contributed by atoms with Crippen molar-refractivity contribution in [2.24, 2.45) is 5.92 Å². The average molecular weight is 410 g/mol. The highest BCUT2D eigenvalue weighted by Crippen LogP contribution is 2.20. The molecule has 2 amide bonds. The van der Waals surface area contributed by atoms with Gasteiger partial charge in [-0.1, -0.05) is 30.3 Å². The molecule has 0 unspecified atom stereocenters. The summed E-state index contributed by atoms with van der Waals surface area (Å²) in [5.41, 5.74) is 2.10. The fourth-order valence-corrected chi connectivity index (χ4v) is 3.36. The van der Waals surface area contributed by atoms with Gasteiger partial charge in [-0.3, -0.25) is 9.59 Å². The van der Waals surface area contributed by atoms with Crippen LogP contribution in [0.3, 0.4) is 0 Å². The summed E-state index contributed by atoms with van der Waals surface area (Å²) < 4.78 is 10.2.